The molecule has 0 saturated heterocycles. The van der Waals surface area contributed by atoms with Crippen LogP contribution in [0.4, 0.5) is 11.5 Å². The topological polar surface area (TPSA) is 84.1 Å². The molecular weight excluding hydrogens is 204 g/mol. The molecule has 4 N–H and O–H groups in total. The Morgan fingerprint density at radius 3 is 2.79 bits per heavy atom. The molecule has 0 fully saturated rings. The van der Waals surface area contributed by atoms with Gasteiger partial charge in [0, 0.05) is 6.04 Å². The van der Waals surface area contributed by atoms with Gasteiger partial charge in [-0.3, -0.25) is 0 Å². The van der Waals surface area contributed by atoms with Crippen molar-refractivity contribution in [2.45, 2.75) is 19.9 Å². The SMILES string of the molecule is Cc1nc(Cl)nc(NC(C)CO)c1N. The van der Waals surface area contributed by atoms with E-state index in [0.29, 0.717) is 17.2 Å². The number of nitrogens with one attached hydrogen (secondary N) is 1. The molecule has 0 aromatic carbocycles. The zero-order chi connectivity index (χ0) is 10.7. The summed E-state index contributed by atoms with van der Waals surface area (Å²) in [6.07, 6.45) is 0. The molecule has 1 aromatic heterocycles. The first-order valence-corrected chi connectivity index (χ1v) is 4.59. The second kappa shape index (κ2) is 4.43. The van der Waals surface area contributed by atoms with Gasteiger partial charge in [-0.05, 0) is 25.4 Å². The maximum Gasteiger partial charge on any atom is 0.224 e. The first-order chi connectivity index (χ1) is 6.54. The standard InChI is InChI=1S/C8H13ClN4O/c1-4(3-14)11-7-6(10)5(2)12-8(9)13-7/h4,14H,3,10H2,1-2H3,(H,11,12,13). The van der Waals surface area contributed by atoms with E-state index >= 15 is 0 Å². The number of nitrogen functional groups attached to an aromatic ring is 1. The van der Waals surface area contributed by atoms with Crippen LogP contribution >= 0.6 is 11.6 Å². The third-order valence-corrected chi connectivity index (χ3v) is 1.93. The van der Waals surface area contributed by atoms with Crippen molar-refractivity contribution in [3.05, 3.63) is 11.0 Å². The summed E-state index contributed by atoms with van der Waals surface area (Å²) in [6.45, 7) is 3.56. The minimum absolute atomic E-state index is 0.000109. The highest BCUT2D eigenvalue weighted by Crippen LogP contribution is 2.20. The first-order valence-electron chi connectivity index (χ1n) is 4.21. The minimum Gasteiger partial charge on any atom is -0.394 e. The molecule has 1 aromatic rings. The van der Waals surface area contributed by atoms with E-state index in [2.05, 4.69) is 15.3 Å². The molecule has 1 rings (SSSR count). The number of hydrogen-bond acceptors (Lipinski definition) is 5. The lowest BCUT2D eigenvalue weighted by Crippen LogP contribution is -2.21. The van der Waals surface area contributed by atoms with Gasteiger partial charge in [-0.15, -0.1) is 0 Å². The lowest BCUT2D eigenvalue weighted by atomic mass is 10.3. The number of halogens is 1. The lowest BCUT2D eigenvalue weighted by Gasteiger charge is -2.14. The van der Waals surface area contributed by atoms with Gasteiger partial charge in [0.05, 0.1) is 18.0 Å². The third kappa shape index (κ3) is 2.46. The molecule has 0 saturated carbocycles. The number of aryl methyl sites for hydroxylation is 1. The normalized spacial score (nSPS) is 12.6. The monoisotopic (exact) mass is 216 g/mol. The number of aliphatic hydroxyl groups is 1. The number of nitrogens with zero attached hydrogens (tertiary/aromatic N) is 2. The average Bonchev–Trinajstić information content (AvgIpc) is 2.13. The summed E-state index contributed by atoms with van der Waals surface area (Å²) < 4.78 is 0. The van der Waals surface area contributed by atoms with Crippen molar-refractivity contribution in [2.24, 2.45) is 0 Å². The molecule has 0 bridgehead atoms. The van der Waals surface area contributed by atoms with Crippen LogP contribution in [0.15, 0.2) is 0 Å². The number of nitrogens with two attached hydrogens (primary N) is 1. The summed E-state index contributed by atoms with van der Waals surface area (Å²) in [7, 11) is 0. The highest BCUT2D eigenvalue weighted by Gasteiger charge is 2.09. The largest absolute Gasteiger partial charge is 0.394 e. The van der Waals surface area contributed by atoms with Crippen molar-refractivity contribution < 1.29 is 5.11 Å². The van der Waals surface area contributed by atoms with Crippen LogP contribution in [-0.4, -0.2) is 27.7 Å². The molecule has 1 unspecified atom stereocenters. The van der Waals surface area contributed by atoms with Crippen LogP contribution in [0.5, 0.6) is 0 Å². The Morgan fingerprint density at radius 2 is 2.21 bits per heavy atom. The Bertz CT molecular complexity index is 331. The van der Waals surface area contributed by atoms with Crippen molar-refractivity contribution in [1.29, 1.82) is 0 Å². The quantitative estimate of drug-likeness (QED) is 0.652. The van der Waals surface area contributed by atoms with Crippen LogP contribution in [0, 0.1) is 6.92 Å². The van der Waals surface area contributed by atoms with Gasteiger partial charge in [0.25, 0.3) is 0 Å². The molecule has 0 aliphatic heterocycles. The smallest absolute Gasteiger partial charge is 0.224 e. The van der Waals surface area contributed by atoms with E-state index in [4.69, 9.17) is 22.4 Å². The van der Waals surface area contributed by atoms with Crippen LogP contribution in [0.25, 0.3) is 0 Å². The predicted molar refractivity (Wildman–Crippen MR) is 56.4 cm³/mol. The number of hydrogen-bond donors (Lipinski definition) is 3. The molecule has 0 spiro atoms. The van der Waals surface area contributed by atoms with Crippen LogP contribution in [-0.2, 0) is 0 Å². The number of anilines is 2. The molecule has 1 heterocycles. The maximum atomic E-state index is 8.85. The number of rotatable bonds is 3. The first kappa shape index (κ1) is 11.0. The van der Waals surface area contributed by atoms with E-state index in [0.717, 1.165) is 0 Å². The van der Waals surface area contributed by atoms with Crippen LogP contribution < -0.4 is 11.1 Å². The highest BCUT2D eigenvalue weighted by molar-refractivity contribution is 6.28. The van der Waals surface area contributed by atoms with Gasteiger partial charge in [0.1, 0.15) is 0 Å². The van der Waals surface area contributed by atoms with Crippen molar-refractivity contribution in [3.63, 3.8) is 0 Å². The van der Waals surface area contributed by atoms with Gasteiger partial charge in [0.15, 0.2) is 5.82 Å². The average molecular weight is 217 g/mol. The summed E-state index contributed by atoms with van der Waals surface area (Å²) in [5.41, 5.74) is 6.80. The van der Waals surface area contributed by atoms with Gasteiger partial charge < -0.3 is 16.2 Å². The molecule has 0 radical (unpaired) electrons. The van der Waals surface area contributed by atoms with Gasteiger partial charge in [-0.25, -0.2) is 4.98 Å². The second-order valence-electron chi connectivity index (χ2n) is 3.07. The zero-order valence-electron chi connectivity index (χ0n) is 8.08. The molecule has 6 heteroatoms. The van der Waals surface area contributed by atoms with Crippen molar-refractivity contribution in [3.8, 4) is 0 Å². The fraction of sp³-hybridized carbons (Fsp3) is 0.500. The summed E-state index contributed by atoms with van der Waals surface area (Å²) in [6, 6.07) is -0.123. The molecule has 0 aliphatic carbocycles. The molecule has 0 amide bonds. The van der Waals surface area contributed by atoms with Gasteiger partial charge in [-0.2, -0.15) is 4.98 Å². The summed E-state index contributed by atoms with van der Waals surface area (Å²) in [5, 5.41) is 11.9. The van der Waals surface area contributed by atoms with Crippen molar-refractivity contribution in [2.75, 3.05) is 17.7 Å². The molecular formula is C8H13ClN4O. The van der Waals surface area contributed by atoms with Gasteiger partial charge >= 0.3 is 0 Å². The Kier molecular flexibility index (Phi) is 3.49. The molecule has 0 aliphatic rings. The second-order valence-corrected chi connectivity index (χ2v) is 3.41. The number of aromatic nitrogens is 2. The fourth-order valence-electron chi connectivity index (χ4n) is 0.937. The molecule has 1 atom stereocenters. The molecule has 14 heavy (non-hydrogen) atoms. The molecule has 5 nitrogen and oxygen atoms in total. The Hall–Kier alpha value is -1.07. The fourth-order valence-corrected chi connectivity index (χ4v) is 1.15. The number of aliphatic hydroxyl groups excluding tert-OH is 1. The van der Waals surface area contributed by atoms with E-state index in [1.807, 2.05) is 6.92 Å². The van der Waals surface area contributed by atoms with E-state index in [1.165, 1.54) is 0 Å². The van der Waals surface area contributed by atoms with E-state index in [1.54, 1.807) is 6.92 Å². The van der Waals surface area contributed by atoms with E-state index < -0.39 is 0 Å². The zero-order valence-corrected chi connectivity index (χ0v) is 8.84. The Labute approximate surface area is 87.3 Å². The summed E-state index contributed by atoms with van der Waals surface area (Å²) in [4.78, 5) is 7.82. The summed E-state index contributed by atoms with van der Waals surface area (Å²) in [5.74, 6) is 0.462. The highest BCUT2D eigenvalue weighted by atomic mass is 35.5. The lowest BCUT2D eigenvalue weighted by molar-refractivity contribution is 0.281. The Balaban J connectivity index is 2.96. The predicted octanol–water partition coefficient (Wildman–Crippen LogP) is 0.813. The third-order valence-electron chi connectivity index (χ3n) is 1.77. The maximum absolute atomic E-state index is 8.85. The van der Waals surface area contributed by atoms with Crippen LogP contribution in [0.3, 0.4) is 0 Å². The molecule has 78 valence electrons. The summed E-state index contributed by atoms with van der Waals surface area (Å²) >= 11 is 5.67. The van der Waals surface area contributed by atoms with Crippen LogP contribution in [0.2, 0.25) is 5.28 Å². The van der Waals surface area contributed by atoms with Crippen LogP contribution in [0.1, 0.15) is 12.6 Å². The van der Waals surface area contributed by atoms with E-state index in [9.17, 15) is 0 Å². The van der Waals surface area contributed by atoms with E-state index in [-0.39, 0.29) is 17.9 Å². The van der Waals surface area contributed by atoms with Crippen molar-refractivity contribution >= 4 is 23.1 Å². The van der Waals surface area contributed by atoms with Gasteiger partial charge in [-0.1, -0.05) is 0 Å². The van der Waals surface area contributed by atoms with Gasteiger partial charge in [0.2, 0.25) is 5.28 Å². The Morgan fingerprint density at radius 1 is 1.57 bits per heavy atom. The van der Waals surface area contributed by atoms with Crippen molar-refractivity contribution in [1.82, 2.24) is 9.97 Å². The minimum atomic E-state index is -0.123.